The van der Waals surface area contributed by atoms with Crippen molar-refractivity contribution in [1.29, 1.82) is 0 Å². The smallest absolute Gasteiger partial charge is 0.246 e. The lowest BCUT2D eigenvalue weighted by atomic mass is 9.94. The number of aldehydes is 1. The van der Waals surface area contributed by atoms with Crippen molar-refractivity contribution in [2.75, 3.05) is 70.0 Å². The lowest BCUT2D eigenvalue weighted by Crippen LogP contribution is -2.57. The third kappa shape index (κ3) is 8.01. The number of nitrogens with zero attached hydrogens (tertiary/aromatic N) is 6. The number of fused-ring (bicyclic) bond motifs is 3. The molecule has 0 spiro atoms. The topological polar surface area (TPSA) is 133 Å². The number of methoxy groups -OCH3 is 1. The van der Waals surface area contributed by atoms with E-state index in [1.54, 1.807) is 61.7 Å². The molecule has 6 rings (SSSR count). The van der Waals surface area contributed by atoms with Crippen LogP contribution in [0.4, 0.5) is 26.8 Å². The largest absolute Gasteiger partial charge is 0.493 e. The van der Waals surface area contributed by atoms with Gasteiger partial charge in [-0.2, -0.15) is 0 Å². The summed E-state index contributed by atoms with van der Waals surface area (Å²) in [6.07, 6.45) is 7.72. The highest BCUT2D eigenvalue weighted by Gasteiger charge is 2.37. The molecule has 4 aromatic rings. The van der Waals surface area contributed by atoms with E-state index in [0.29, 0.717) is 82.5 Å². The minimum atomic E-state index is -0.208. The summed E-state index contributed by atoms with van der Waals surface area (Å²) in [6.45, 7) is 2.35. The highest BCUT2D eigenvalue weighted by molar-refractivity contribution is 7.17. The lowest BCUT2D eigenvalue weighted by molar-refractivity contribution is -0.126. The second-order valence-corrected chi connectivity index (χ2v) is 12.4. The number of hydrogen-bond donors (Lipinski definition) is 2. The van der Waals surface area contributed by atoms with E-state index in [1.807, 2.05) is 31.1 Å². The molecule has 0 aliphatic carbocycles. The van der Waals surface area contributed by atoms with E-state index in [4.69, 9.17) is 4.74 Å². The van der Waals surface area contributed by atoms with Gasteiger partial charge < -0.3 is 30.1 Å². The minimum Gasteiger partial charge on any atom is -0.493 e. The van der Waals surface area contributed by atoms with Gasteiger partial charge >= 0.3 is 0 Å². The van der Waals surface area contributed by atoms with Gasteiger partial charge in [0.1, 0.15) is 11.6 Å². The van der Waals surface area contributed by atoms with E-state index in [-0.39, 0.29) is 23.5 Å². The maximum absolute atomic E-state index is 13.2. The number of amides is 1. The number of rotatable bonds is 9. The summed E-state index contributed by atoms with van der Waals surface area (Å²) in [5.41, 5.74) is 2.39. The van der Waals surface area contributed by atoms with E-state index in [9.17, 15) is 18.8 Å². The molecular weight excluding hydrogens is 635 g/mol. The fraction of sp³-hybridized carbons (Fsp3) is 0.294. The maximum Gasteiger partial charge on any atom is 0.246 e. The predicted molar refractivity (Wildman–Crippen MR) is 185 cm³/mol. The zero-order valence-electron chi connectivity index (χ0n) is 27.1. The summed E-state index contributed by atoms with van der Waals surface area (Å²) in [5, 5.41) is 6.34. The average molecular weight is 673 g/mol. The van der Waals surface area contributed by atoms with E-state index in [1.165, 1.54) is 23.6 Å². The second-order valence-electron chi connectivity index (χ2n) is 11.3. The number of para-hydroxylation sites is 1. The normalized spacial score (nSPS) is 15.4. The van der Waals surface area contributed by atoms with E-state index < -0.39 is 0 Å². The summed E-state index contributed by atoms with van der Waals surface area (Å²) in [7, 11) is 7.14. The Bertz CT molecular complexity index is 1810. The number of thiazole rings is 1. The molecule has 0 saturated carbocycles. The molecule has 5 heterocycles. The molecule has 14 heteroatoms. The summed E-state index contributed by atoms with van der Waals surface area (Å²) >= 11 is 1.21. The third-order valence-electron chi connectivity index (χ3n) is 7.77. The van der Waals surface area contributed by atoms with Gasteiger partial charge in [-0.15, -0.1) is 0 Å². The van der Waals surface area contributed by atoms with E-state index >= 15 is 0 Å². The van der Waals surface area contributed by atoms with Crippen LogP contribution in [0.1, 0.15) is 26.5 Å². The maximum atomic E-state index is 13.2. The van der Waals surface area contributed by atoms with Crippen molar-refractivity contribution in [3.63, 3.8) is 0 Å². The van der Waals surface area contributed by atoms with Gasteiger partial charge in [-0.05, 0) is 44.4 Å². The number of anilines is 4. The van der Waals surface area contributed by atoms with Gasteiger partial charge in [0.25, 0.3) is 0 Å². The molecule has 1 fully saturated rings. The van der Waals surface area contributed by atoms with E-state index in [2.05, 4.69) is 30.5 Å². The summed E-state index contributed by atoms with van der Waals surface area (Å²) in [5.74, 6) is 1.34. The number of Topliss-reactive ketones (excluding diaryl/α,β-unsaturated/α-hetero) is 1. The monoisotopic (exact) mass is 672 g/mol. The number of nitrogens with one attached hydrogen (secondary N) is 2. The zero-order valence-corrected chi connectivity index (χ0v) is 28.0. The zero-order chi connectivity index (χ0) is 34.2. The molecule has 0 radical (unpaired) electrons. The molecule has 1 aromatic carbocycles. The van der Waals surface area contributed by atoms with Crippen molar-refractivity contribution in [1.82, 2.24) is 24.8 Å². The number of carbonyl (C=O) groups excluding carboxylic acids is 3. The molecule has 3 aromatic heterocycles. The number of hydrogen-bond acceptors (Lipinski definition) is 12. The quantitative estimate of drug-likeness (QED) is 0.189. The Morgan fingerprint density at radius 2 is 1.98 bits per heavy atom. The first kappa shape index (κ1) is 34.1. The number of ether oxygens (including phenoxy) is 1. The molecule has 2 aliphatic heterocycles. The first-order chi connectivity index (χ1) is 23.2. The molecule has 1 amide bonds. The van der Waals surface area contributed by atoms with Crippen LogP contribution in [-0.2, 0) is 4.79 Å². The van der Waals surface area contributed by atoms with Crippen LogP contribution in [0.5, 0.6) is 5.75 Å². The van der Waals surface area contributed by atoms with Gasteiger partial charge in [0.15, 0.2) is 28.8 Å². The summed E-state index contributed by atoms with van der Waals surface area (Å²) in [4.78, 5) is 56.9. The first-order valence-corrected chi connectivity index (χ1v) is 16.1. The highest BCUT2D eigenvalue weighted by Crippen LogP contribution is 2.35. The third-order valence-corrected chi connectivity index (χ3v) is 8.61. The van der Waals surface area contributed by atoms with Crippen molar-refractivity contribution in [2.45, 2.75) is 12.5 Å². The van der Waals surface area contributed by atoms with Gasteiger partial charge in [0, 0.05) is 57.5 Å². The van der Waals surface area contributed by atoms with Crippen LogP contribution in [0.25, 0.3) is 11.3 Å². The summed E-state index contributed by atoms with van der Waals surface area (Å²) < 4.78 is 18.0. The van der Waals surface area contributed by atoms with E-state index in [0.717, 1.165) is 6.29 Å². The highest BCUT2D eigenvalue weighted by atomic mass is 32.1. The Kier molecular flexibility index (Phi) is 11.1. The Morgan fingerprint density at radius 1 is 1.17 bits per heavy atom. The number of carbonyl (C=O) groups is 3. The van der Waals surface area contributed by atoms with Gasteiger partial charge in [0.2, 0.25) is 5.91 Å². The van der Waals surface area contributed by atoms with Crippen LogP contribution in [-0.4, -0.2) is 103 Å². The molecule has 2 aliphatic rings. The first-order valence-electron chi connectivity index (χ1n) is 15.3. The van der Waals surface area contributed by atoms with Crippen molar-refractivity contribution >= 4 is 51.8 Å². The number of piperazine rings is 1. The van der Waals surface area contributed by atoms with Crippen molar-refractivity contribution < 1.29 is 23.5 Å². The van der Waals surface area contributed by atoms with Gasteiger partial charge in [0.05, 0.1) is 41.2 Å². The van der Waals surface area contributed by atoms with Crippen LogP contribution in [0, 0.1) is 5.82 Å². The lowest BCUT2D eigenvalue weighted by Gasteiger charge is -2.44. The van der Waals surface area contributed by atoms with Gasteiger partial charge in [-0.25, -0.2) is 19.3 Å². The fourth-order valence-corrected chi connectivity index (χ4v) is 5.99. The SMILES string of the molecule is CNc1ccccc1F.COc1ccc(-c2cnc3c(c2)C(=O)CC2CN(C(=O)/C=C/CN(C)C)CCN32)nc1Nc1ncc(C=O)s1. The Labute approximate surface area is 282 Å². The summed E-state index contributed by atoms with van der Waals surface area (Å²) in [6, 6.07) is 11.9. The van der Waals surface area contributed by atoms with Crippen LogP contribution < -0.4 is 20.3 Å². The molecule has 1 atom stereocenters. The Balaban J connectivity index is 0.000000434. The number of aromatic nitrogens is 3. The number of ketones is 1. The fourth-order valence-electron chi connectivity index (χ4n) is 5.36. The van der Waals surface area contributed by atoms with Crippen molar-refractivity contribution in [2.24, 2.45) is 0 Å². The minimum absolute atomic E-state index is 0.00548. The molecule has 12 nitrogen and oxygen atoms in total. The van der Waals surface area contributed by atoms with Crippen molar-refractivity contribution in [3.05, 3.63) is 83.3 Å². The van der Waals surface area contributed by atoms with Crippen LogP contribution in [0.15, 0.2) is 67.0 Å². The molecule has 48 heavy (non-hydrogen) atoms. The molecule has 0 bridgehead atoms. The van der Waals surface area contributed by atoms with Crippen molar-refractivity contribution in [3.8, 4) is 17.0 Å². The number of halogens is 1. The van der Waals surface area contributed by atoms with Crippen LogP contribution in [0.2, 0.25) is 0 Å². The van der Waals surface area contributed by atoms with Crippen LogP contribution in [0.3, 0.4) is 0 Å². The Morgan fingerprint density at radius 3 is 2.67 bits per heavy atom. The van der Waals surface area contributed by atoms with Gasteiger partial charge in [-0.1, -0.05) is 29.5 Å². The molecule has 1 unspecified atom stereocenters. The number of pyridine rings is 2. The van der Waals surface area contributed by atoms with Gasteiger partial charge in [-0.3, -0.25) is 14.4 Å². The molecular formula is C34H37FN8O4S. The standard InChI is InChI=1S/C27H29N7O4S.C7H8FN/c1-32(2)8-4-5-24(37)33-9-10-34-18(15-33)12-22(36)20-11-17(13-28-26(20)34)21-6-7-23(38-3)25(30-21)31-27-29-14-19(16-35)39-27;1-9-7-5-3-2-4-6(7)8/h4-7,11,13-14,16,18H,8-10,12,15H2,1-3H3,(H,29,30,31);2-5,9H,1H3/b5-4+;. The average Bonchev–Trinajstić information content (AvgIpc) is 3.55. The Hall–Kier alpha value is -5.21. The predicted octanol–water partition coefficient (Wildman–Crippen LogP) is 4.75. The number of benzene rings is 1. The van der Waals surface area contributed by atoms with Crippen LogP contribution >= 0.6 is 11.3 Å². The number of likely N-dealkylation sites (N-methyl/N-ethyl adjacent to an activating group) is 1. The second kappa shape index (κ2) is 15.6. The molecule has 250 valence electrons. The molecule has 1 saturated heterocycles. The molecule has 2 N–H and O–H groups in total.